The molecule has 4 aromatic rings. The molecule has 2 fully saturated rings. The molecule has 0 unspecified atom stereocenters. The minimum absolute atomic E-state index is 0.00525. The van der Waals surface area contributed by atoms with Crippen molar-refractivity contribution in [1.82, 2.24) is 29.6 Å². The average Bonchev–Trinajstić information content (AvgIpc) is 3.61. The lowest BCUT2D eigenvalue weighted by atomic mass is 10.1. The van der Waals surface area contributed by atoms with Gasteiger partial charge in [0, 0.05) is 49.1 Å². The van der Waals surface area contributed by atoms with E-state index in [1.54, 1.807) is 22.6 Å². The van der Waals surface area contributed by atoms with E-state index in [4.69, 9.17) is 9.72 Å². The largest absolute Gasteiger partial charge is 0.482 e. The first-order valence-corrected chi connectivity index (χ1v) is 15.8. The Balaban J connectivity index is 1.44. The number of methoxy groups -OCH3 is 1. The number of carbonyl (C=O) groups excluding carboxylic acids is 1. The molecule has 1 saturated heterocycles. The highest BCUT2D eigenvalue weighted by molar-refractivity contribution is 7.92. The van der Waals surface area contributed by atoms with E-state index in [1.807, 2.05) is 17.6 Å². The van der Waals surface area contributed by atoms with Crippen molar-refractivity contribution in [2.24, 2.45) is 5.92 Å². The summed E-state index contributed by atoms with van der Waals surface area (Å²) in [6, 6.07) is 7.56. The van der Waals surface area contributed by atoms with Crippen molar-refractivity contribution in [3.05, 3.63) is 41.6 Å². The third-order valence-corrected chi connectivity index (χ3v) is 8.95. The number of piperidine rings is 1. The van der Waals surface area contributed by atoms with E-state index in [2.05, 4.69) is 15.6 Å². The second kappa shape index (κ2) is 11.0. The van der Waals surface area contributed by atoms with Crippen LogP contribution in [-0.2, 0) is 16.6 Å². The fourth-order valence-electron chi connectivity index (χ4n) is 5.66. The van der Waals surface area contributed by atoms with Gasteiger partial charge in [0.25, 0.3) is 5.91 Å². The van der Waals surface area contributed by atoms with Crippen LogP contribution in [0.15, 0.2) is 30.3 Å². The third-order valence-electron chi connectivity index (χ3n) is 7.89. The molecule has 43 heavy (non-hydrogen) atoms. The summed E-state index contributed by atoms with van der Waals surface area (Å²) in [4.78, 5) is 22.4. The summed E-state index contributed by atoms with van der Waals surface area (Å²) in [5.41, 5.74) is 3.07. The summed E-state index contributed by atoms with van der Waals surface area (Å²) in [5.74, 6) is -0.0164. The van der Waals surface area contributed by atoms with Gasteiger partial charge in [-0.1, -0.05) is 0 Å². The number of aryl methyl sites for hydroxylation is 1. The van der Waals surface area contributed by atoms with Gasteiger partial charge in [0.2, 0.25) is 10.0 Å². The number of fused-ring (bicyclic) bond motifs is 2. The number of halogens is 3. The number of sulfonamides is 1. The number of amides is 1. The molecule has 15 heteroatoms. The van der Waals surface area contributed by atoms with Crippen LogP contribution in [0, 0.1) is 12.8 Å². The number of carbonyl (C=O) groups is 1. The molecule has 2 aliphatic rings. The normalized spacial score (nSPS) is 19.3. The van der Waals surface area contributed by atoms with Crippen molar-refractivity contribution >= 4 is 38.4 Å². The molecule has 2 atom stereocenters. The molecule has 5 heterocycles. The lowest BCUT2D eigenvalue weighted by Gasteiger charge is -2.26. The van der Waals surface area contributed by atoms with E-state index in [0.29, 0.717) is 70.5 Å². The SMILES string of the molecule is COc1cc(C(=O)N[C@H]2CNC[C@@H](F)C2)cc2nc(-c3cc4ccc(N(C(F)F)S(C)(=O)=O)nc4n3CC3CC3)c(C)n12. The standard InChI is InChI=1S/C28H32F3N7O4S/c1-15-25(34-23-9-18(10-24(42-2)37(15)23)27(39)33-20-11-19(29)12-32-13-20)21-8-17-6-7-22(38(28(30)31)43(3,40)41)35-26(17)36(21)14-16-4-5-16/h6-10,16,19-20,28,32H,4-5,11-14H2,1-3H3,(H,33,39)/t19-,20+/m0/s1. The number of hydrogen-bond acceptors (Lipinski definition) is 7. The molecule has 11 nitrogen and oxygen atoms in total. The van der Waals surface area contributed by atoms with Crippen molar-refractivity contribution in [2.45, 2.75) is 51.5 Å². The first-order chi connectivity index (χ1) is 20.4. The Morgan fingerprint density at radius 3 is 2.63 bits per heavy atom. The predicted octanol–water partition coefficient (Wildman–Crippen LogP) is 3.50. The molecule has 0 spiro atoms. The summed E-state index contributed by atoms with van der Waals surface area (Å²) < 4.78 is 75.0. The van der Waals surface area contributed by atoms with Crippen LogP contribution in [0.5, 0.6) is 5.88 Å². The quantitative estimate of drug-likeness (QED) is 0.275. The second-order valence-electron chi connectivity index (χ2n) is 11.2. The first kappa shape index (κ1) is 29.2. The van der Waals surface area contributed by atoms with Gasteiger partial charge in [0.15, 0.2) is 5.88 Å². The Morgan fingerprint density at radius 1 is 1.21 bits per heavy atom. The molecular weight excluding hydrogens is 587 g/mol. The summed E-state index contributed by atoms with van der Waals surface area (Å²) in [6.07, 6.45) is 1.91. The highest BCUT2D eigenvalue weighted by atomic mass is 32.2. The van der Waals surface area contributed by atoms with Crippen molar-refractivity contribution in [3.8, 4) is 17.3 Å². The van der Waals surface area contributed by atoms with E-state index < -0.39 is 22.7 Å². The van der Waals surface area contributed by atoms with Gasteiger partial charge in [0.05, 0.1) is 24.8 Å². The van der Waals surface area contributed by atoms with Gasteiger partial charge in [-0.05, 0) is 49.9 Å². The van der Waals surface area contributed by atoms with Crippen LogP contribution in [0.3, 0.4) is 0 Å². The van der Waals surface area contributed by atoms with Crippen molar-refractivity contribution in [1.29, 1.82) is 0 Å². The van der Waals surface area contributed by atoms with Crippen LogP contribution < -0.4 is 19.7 Å². The second-order valence-corrected chi connectivity index (χ2v) is 13.0. The molecule has 6 rings (SSSR count). The number of alkyl halides is 3. The zero-order valence-corrected chi connectivity index (χ0v) is 24.7. The average molecular weight is 620 g/mol. The first-order valence-electron chi connectivity index (χ1n) is 14.0. The van der Waals surface area contributed by atoms with Gasteiger partial charge in [-0.25, -0.2) is 22.8 Å². The fourth-order valence-corrected chi connectivity index (χ4v) is 6.39. The van der Waals surface area contributed by atoms with Crippen LogP contribution in [0.2, 0.25) is 0 Å². The van der Waals surface area contributed by atoms with Gasteiger partial charge in [-0.3, -0.25) is 9.20 Å². The smallest absolute Gasteiger partial charge is 0.329 e. The van der Waals surface area contributed by atoms with Crippen LogP contribution in [0.1, 0.15) is 35.3 Å². The maximum atomic E-state index is 13.8. The number of hydrogen-bond donors (Lipinski definition) is 2. The van der Waals surface area contributed by atoms with E-state index >= 15 is 0 Å². The molecule has 0 radical (unpaired) electrons. The summed E-state index contributed by atoms with van der Waals surface area (Å²) in [6.45, 7) is -0.158. The topological polar surface area (TPSA) is 123 Å². The number of pyridine rings is 2. The fraction of sp³-hybridized carbons (Fsp3) is 0.464. The van der Waals surface area contributed by atoms with Crippen LogP contribution in [0.25, 0.3) is 28.1 Å². The van der Waals surface area contributed by atoms with E-state index in [9.17, 15) is 26.4 Å². The number of ether oxygens (including phenoxy) is 1. The lowest BCUT2D eigenvalue weighted by Crippen LogP contribution is -2.49. The lowest BCUT2D eigenvalue weighted by molar-refractivity contribution is 0.0918. The molecule has 2 N–H and O–H groups in total. The Labute approximate surface area is 246 Å². The Kier molecular flexibility index (Phi) is 7.49. The number of nitrogens with zero attached hydrogens (tertiary/aromatic N) is 5. The molecule has 4 aromatic heterocycles. The number of aromatic nitrogens is 4. The summed E-state index contributed by atoms with van der Waals surface area (Å²) >= 11 is 0. The van der Waals surface area contributed by atoms with Gasteiger partial charge >= 0.3 is 6.55 Å². The zero-order valence-electron chi connectivity index (χ0n) is 23.8. The van der Waals surface area contributed by atoms with Gasteiger partial charge in [-0.15, -0.1) is 0 Å². The van der Waals surface area contributed by atoms with E-state index in [-0.39, 0.29) is 35.0 Å². The van der Waals surface area contributed by atoms with Gasteiger partial charge < -0.3 is 19.9 Å². The monoisotopic (exact) mass is 619 g/mol. The molecular formula is C28H32F3N7O4S. The Bertz CT molecular complexity index is 1820. The summed E-state index contributed by atoms with van der Waals surface area (Å²) in [5, 5.41) is 6.48. The zero-order chi connectivity index (χ0) is 30.6. The Hall–Kier alpha value is -3.85. The highest BCUT2D eigenvalue weighted by Crippen LogP contribution is 2.38. The van der Waals surface area contributed by atoms with Gasteiger partial charge in [0.1, 0.15) is 29.0 Å². The number of rotatable bonds is 9. The highest BCUT2D eigenvalue weighted by Gasteiger charge is 2.31. The minimum atomic E-state index is -4.28. The van der Waals surface area contributed by atoms with E-state index in [0.717, 1.165) is 12.8 Å². The van der Waals surface area contributed by atoms with Crippen molar-refractivity contribution in [2.75, 3.05) is 30.8 Å². The maximum Gasteiger partial charge on any atom is 0.329 e. The number of nitrogens with one attached hydrogen (secondary N) is 2. The van der Waals surface area contributed by atoms with Crippen LogP contribution in [0.4, 0.5) is 19.0 Å². The van der Waals surface area contributed by atoms with Crippen molar-refractivity contribution < 1.29 is 31.1 Å². The third kappa shape index (κ3) is 5.62. The number of anilines is 1. The summed E-state index contributed by atoms with van der Waals surface area (Å²) in [7, 11) is -2.80. The van der Waals surface area contributed by atoms with Gasteiger partial charge in [-0.2, -0.15) is 13.1 Å². The molecule has 0 aromatic carbocycles. The molecule has 1 aliphatic heterocycles. The molecule has 1 aliphatic carbocycles. The molecule has 1 amide bonds. The van der Waals surface area contributed by atoms with Crippen LogP contribution >= 0.6 is 0 Å². The molecule has 1 saturated carbocycles. The minimum Gasteiger partial charge on any atom is -0.482 e. The predicted molar refractivity (Wildman–Crippen MR) is 155 cm³/mol. The Morgan fingerprint density at radius 2 is 1.98 bits per heavy atom. The van der Waals surface area contributed by atoms with Crippen LogP contribution in [-0.4, -0.2) is 78.5 Å². The van der Waals surface area contributed by atoms with Crippen molar-refractivity contribution in [3.63, 3.8) is 0 Å². The number of imidazole rings is 1. The maximum absolute atomic E-state index is 13.8. The molecule has 230 valence electrons. The van der Waals surface area contributed by atoms with E-state index in [1.165, 1.54) is 13.2 Å². The molecule has 0 bridgehead atoms.